The molecule has 0 radical (unpaired) electrons. The van der Waals surface area contributed by atoms with Crippen LogP contribution in [0.15, 0.2) is 78.9 Å². The Kier molecular flexibility index (Phi) is 7.60. The Morgan fingerprint density at radius 3 is 2.33 bits per heavy atom. The second-order valence-corrected chi connectivity index (χ2v) is 8.57. The van der Waals surface area contributed by atoms with Gasteiger partial charge in [-0.3, -0.25) is 4.90 Å². The number of aliphatic hydroxyl groups is 1. The number of halogens is 2. The molecule has 1 aliphatic heterocycles. The van der Waals surface area contributed by atoms with E-state index in [0.29, 0.717) is 17.1 Å². The van der Waals surface area contributed by atoms with Gasteiger partial charge in [-0.25, -0.2) is 9.18 Å². The van der Waals surface area contributed by atoms with E-state index in [1.807, 2.05) is 53.4 Å². The number of ether oxygens (including phenoxy) is 1. The van der Waals surface area contributed by atoms with E-state index in [4.69, 9.17) is 16.3 Å². The molecule has 0 spiro atoms. The van der Waals surface area contributed by atoms with E-state index < -0.39 is 18.2 Å². The van der Waals surface area contributed by atoms with Gasteiger partial charge in [0.1, 0.15) is 12.4 Å². The van der Waals surface area contributed by atoms with Crippen LogP contribution in [-0.4, -0.2) is 46.2 Å². The minimum Gasteiger partial charge on any atom is -0.445 e. The summed E-state index contributed by atoms with van der Waals surface area (Å²) in [5.41, 5.74) is 2.27. The summed E-state index contributed by atoms with van der Waals surface area (Å²) in [6, 6.07) is 23.1. The van der Waals surface area contributed by atoms with Crippen molar-refractivity contribution in [3.8, 4) is 0 Å². The normalized spacial score (nSPS) is 18.0. The Balaban J connectivity index is 1.49. The number of rotatable bonds is 7. The maximum Gasteiger partial charge on any atom is 0.410 e. The average molecular weight is 469 g/mol. The molecule has 1 amide bonds. The number of carbonyl (C=O) groups excluding carboxylic acids is 1. The third-order valence-corrected chi connectivity index (χ3v) is 6.22. The predicted octanol–water partition coefficient (Wildman–Crippen LogP) is 4.86. The van der Waals surface area contributed by atoms with Crippen molar-refractivity contribution in [2.45, 2.75) is 31.8 Å². The summed E-state index contributed by atoms with van der Waals surface area (Å²) in [6.45, 7) is 1.26. The molecule has 1 N–H and O–H groups in total. The minimum absolute atomic E-state index is 0.147. The lowest BCUT2D eigenvalue weighted by Crippen LogP contribution is -2.43. The van der Waals surface area contributed by atoms with Crippen molar-refractivity contribution in [1.82, 2.24) is 9.80 Å². The summed E-state index contributed by atoms with van der Waals surface area (Å²) in [6.07, 6.45) is -1.28. The van der Waals surface area contributed by atoms with Crippen LogP contribution in [0.2, 0.25) is 5.02 Å². The number of likely N-dealkylation sites (tertiary alicyclic amines) is 1. The van der Waals surface area contributed by atoms with Crippen molar-refractivity contribution in [2.24, 2.45) is 0 Å². The molecule has 0 unspecified atom stereocenters. The van der Waals surface area contributed by atoms with Crippen LogP contribution in [0, 0.1) is 5.82 Å². The highest BCUT2D eigenvalue weighted by molar-refractivity contribution is 6.31. The topological polar surface area (TPSA) is 53.0 Å². The monoisotopic (exact) mass is 468 g/mol. The molecule has 172 valence electrons. The fourth-order valence-electron chi connectivity index (χ4n) is 4.07. The molecule has 1 saturated heterocycles. The Labute approximate surface area is 198 Å². The molecule has 7 heteroatoms. The quantitative estimate of drug-likeness (QED) is 0.538. The van der Waals surface area contributed by atoms with Gasteiger partial charge >= 0.3 is 6.09 Å². The van der Waals surface area contributed by atoms with Gasteiger partial charge in [0, 0.05) is 30.2 Å². The first-order chi connectivity index (χ1) is 16.0. The van der Waals surface area contributed by atoms with Crippen molar-refractivity contribution in [3.63, 3.8) is 0 Å². The van der Waals surface area contributed by atoms with E-state index in [-0.39, 0.29) is 32.1 Å². The lowest BCUT2D eigenvalue weighted by molar-refractivity contribution is 0.0721. The highest BCUT2D eigenvalue weighted by atomic mass is 35.5. The average Bonchev–Trinajstić information content (AvgIpc) is 3.22. The van der Waals surface area contributed by atoms with Crippen LogP contribution in [0.1, 0.15) is 16.7 Å². The molecular weight excluding hydrogens is 443 g/mol. The summed E-state index contributed by atoms with van der Waals surface area (Å²) >= 11 is 6.38. The zero-order valence-electron chi connectivity index (χ0n) is 18.1. The van der Waals surface area contributed by atoms with E-state index in [1.54, 1.807) is 24.3 Å². The van der Waals surface area contributed by atoms with Crippen LogP contribution in [0.3, 0.4) is 0 Å². The van der Waals surface area contributed by atoms with Crippen LogP contribution in [0.4, 0.5) is 9.18 Å². The summed E-state index contributed by atoms with van der Waals surface area (Å²) in [7, 11) is 0. The van der Waals surface area contributed by atoms with Crippen LogP contribution < -0.4 is 0 Å². The second-order valence-electron chi connectivity index (χ2n) is 8.17. The van der Waals surface area contributed by atoms with E-state index in [2.05, 4.69) is 0 Å². The first kappa shape index (κ1) is 23.2. The van der Waals surface area contributed by atoms with Gasteiger partial charge in [-0.15, -0.1) is 0 Å². The van der Waals surface area contributed by atoms with Crippen molar-refractivity contribution >= 4 is 17.7 Å². The Morgan fingerprint density at radius 2 is 1.61 bits per heavy atom. The molecule has 1 heterocycles. The molecule has 3 aromatic carbocycles. The summed E-state index contributed by atoms with van der Waals surface area (Å²) < 4.78 is 19.9. The maximum atomic E-state index is 14.4. The summed E-state index contributed by atoms with van der Waals surface area (Å²) in [4.78, 5) is 16.1. The molecule has 1 aliphatic rings. The first-order valence-corrected chi connectivity index (χ1v) is 11.2. The van der Waals surface area contributed by atoms with E-state index >= 15 is 0 Å². The zero-order chi connectivity index (χ0) is 23.2. The van der Waals surface area contributed by atoms with Crippen molar-refractivity contribution < 1.29 is 19.0 Å². The zero-order valence-corrected chi connectivity index (χ0v) is 18.9. The molecule has 0 aromatic heterocycles. The SMILES string of the molecule is O=C(OCc1ccccc1)N1C[C@@H](O)[C@H](N(Cc2ccccc2F)Cc2ccccc2Cl)C1. The number of β-amino-alcohol motifs (C(OH)–C–C–N with tert-alkyl or cyclic N) is 1. The number of aliphatic hydroxyl groups excluding tert-OH is 1. The van der Waals surface area contributed by atoms with Gasteiger partial charge in [0.25, 0.3) is 0 Å². The number of amides is 1. The summed E-state index contributed by atoms with van der Waals surface area (Å²) in [5, 5.41) is 11.4. The fourth-order valence-corrected chi connectivity index (χ4v) is 4.26. The molecule has 33 heavy (non-hydrogen) atoms. The molecular formula is C26H26ClFN2O3. The number of nitrogens with zero attached hydrogens (tertiary/aromatic N) is 2. The first-order valence-electron chi connectivity index (χ1n) is 10.9. The van der Waals surface area contributed by atoms with Crippen LogP contribution in [0.5, 0.6) is 0 Å². The largest absolute Gasteiger partial charge is 0.445 e. The number of hydrogen-bond acceptors (Lipinski definition) is 4. The van der Waals surface area contributed by atoms with Gasteiger partial charge in [0.05, 0.1) is 18.7 Å². The molecule has 3 aromatic rings. The molecule has 2 atom stereocenters. The van der Waals surface area contributed by atoms with Gasteiger partial charge in [0.2, 0.25) is 0 Å². The number of carbonyl (C=O) groups is 1. The van der Waals surface area contributed by atoms with Crippen molar-refractivity contribution in [1.29, 1.82) is 0 Å². The van der Waals surface area contributed by atoms with Gasteiger partial charge in [-0.1, -0.05) is 78.3 Å². The lowest BCUT2D eigenvalue weighted by Gasteiger charge is -2.31. The smallest absolute Gasteiger partial charge is 0.410 e. The van der Waals surface area contributed by atoms with Crippen LogP contribution in [-0.2, 0) is 24.4 Å². The molecule has 0 aliphatic carbocycles. The van der Waals surface area contributed by atoms with Gasteiger partial charge < -0.3 is 14.7 Å². The third kappa shape index (κ3) is 5.90. The van der Waals surface area contributed by atoms with Gasteiger partial charge in [-0.05, 0) is 23.3 Å². The maximum absolute atomic E-state index is 14.4. The number of hydrogen-bond donors (Lipinski definition) is 1. The number of benzene rings is 3. The van der Waals surface area contributed by atoms with Gasteiger partial charge in [0.15, 0.2) is 0 Å². The molecule has 0 saturated carbocycles. The van der Waals surface area contributed by atoms with Crippen molar-refractivity contribution in [2.75, 3.05) is 13.1 Å². The highest BCUT2D eigenvalue weighted by Gasteiger charge is 2.38. The summed E-state index contributed by atoms with van der Waals surface area (Å²) in [5.74, 6) is -0.312. The second kappa shape index (κ2) is 10.8. The molecule has 0 bridgehead atoms. The molecule has 4 rings (SSSR count). The van der Waals surface area contributed by atoms with E-state index in [0.717, 1.165) is 11.1 Å². The Bertz CT molecular complexity index is 1030. The Hall–Kier alpha value is -2.93. The van der Waals surface area contributed by atoms with Gasteiger partial charge in [-0.2, -0.15) is 0 Å². The Morgan fingerprint density at radius 1 is 0.970 bits per heavy atom. The highest BCUT2D eigenvalue weighted by Crippen LogP contribution is 2.25. The van der Waals surface area contributed by atoms with E-state index in [1.165, 1.54) is 11.0 Å². The minimum atomic E-state index is -0.802. The molecule has 1 fully saturated rings. The van der Waals surface area contributed by atoms with Crippen LogP contribution in [0.25, 0.3) is 0 Å². The van der Waals surface area contributed by atoms with E-state index in [9.17, 15) is 14.3 Å². The predicted molar refractivity (Wildman–Crippen MR) is 125 cm³/mol. The molecule has 5 nitrogen and oxygen atoms in total. The van der Waals surface area contributed by atoms with Crippen molar-refractivity contribution in [3.05, 3.63) is 106 Å². The lowest BCUT2D eigenvalue weighted by atomic mass is 10.1. The standard InChI is InChI=1S/C26H26ClFN2O3/c27-22-12-6-4-10-20(22)14-29(15-21-11-5-7-13-23(21)28)24-16-30(17-25(24)31)26(32)33-18-19-8-2-1-3-9-19/h1-13,24-25,31H,14-18H2/t24-,25-/m1/s1. The fraction of sp³-hybridized carbons (Fsp3) is 0.269. The third-order valence-electron chi connectivity index (χ3n) is 5.85. The van der Waals surface area contributed by atoms with Crippen LogP contribution >= 0.6 is 11.6 Å².